The third-order valence-corrected chi connectivity index (χ3v) is 3.84. The molecule has 1 aliphatic rings. The van der Waals surface area contributed by atoms with Crippen molar-refractivity contribution >= 4 is 5.78 Å². The van der Waals surface area contributed by atoms with Crippen LogP contribution in [0.2, 0.25) is 0 Å². The molecule has 1 aliphatic carbocycles. The zero-order valence-corrected chi connectivity index (χ0v) is 11.5. The molecule has 4 nitrogen and oxygen atoms in total. The van der Waals surface area contributed by atoms with Gasteiger partial charge in [0.15, 0.2) is 5.78 Å². The zero-order chi connectivity index (χ0) is 14.8. The van der Waals surface area contributed by atoms with Gasteiger partial charge in [-0.1, -0.05) is 12.1 Å². The van der Waals surface area contributed by atoms with Gasteiger partial charge in [-0.25, -0.2) is 0 Å². The van der Waals surface area contributed by atoms with E-state index in [1.165, 1.54) is 6.07 Å². The number of ketones is 1. The summed E-state index contributed by atoms with van der Waals surface area (Å²) in [5.74, 6) is 0.116. The standard InChI is InChI=1S/C17H14N2O2/c18-10-12-4-6-13(7-5-12)11-19-15-2-1-3-16(20)14(15)8-9-17(19)21/h4-9H,1-3,11H2. The normalized spacial score (nSPS) is 13.6. The maximum absolute atomic E-state index is 12.1. The predicted molar refractivity (Wildman–Crippen MR) is 78.2 cm³/mol. The van der Waals surface area contributed by atoms with Crippen molar-refractivity contribution in [1.29, 1.82) is 5.26 Å². The summed E-state index contributed by atoms with van der Waals surface area (Å²) in [7, 11) is 0. The number of carbonyl (C=O) groups is 1. The van der Waals surface area contributed by atoms with Crippen molar-refractivity contribution in [1.82, 2.24) is 4.57 Å². The van der Waals surface area contributed by atoms with E-state index in [0.29, 0.717) is 24.1 Å². The Kier molecular flexibility index (Phi) is 3.41. The Labute approximate surface area is 122 Å². The van der Waals surface area contributed by atoms with Crippen molar-refractivity contribution in [3.63, 3.8) is 0 Å². The van der Waals surface area contributed by atoms with Crippen molar-refractivity contribution in [3.8, 4) is 6.07 Å². The van der Waals surface area contributed by atoms with Gasteiger partial charge in [-0.3, -0.25) is 9.59 Å². The van der Waals surface area contributed by atoms with E-state index in [2.05, 4.69) is 6.07 Å². The first-order valence-electron chi connectivity index (χ1n) is 6.94. The van der Waals surface area contributed by atoms with Crippen LogP contribution in [0.3, 0.4) is 0 Å². The maximum Gasteiger partial charge on any atom is 0.251 e. The molecule has 0 bridgehead atoms. The first-order valence-corrected chi connectivity index (χ1v) is 6.94. The van der Waals surface area contributed by atoms with E-state index >= 15 is 0 Å². The molecule has 0 saturated carbocycles. The largest absolute Gasteiger partial charge is 0.308 e. The number of nitriles is 1. The van der Waals surface area contributed by atoms with Crippen LogP contribution in [0.4, 0.5) is 0 Å². The molecular weight excluding hydrogens is 264 g/mol. The van der Waals surface area contributed by atoms with Gasteiger partial charge in [0.2, 0.25) is 0 Å². The van der Waals surface area contributed by atoms with Crippen molar-refractivity contribution in [2.45, 2.75) is 25.8 Å². The highest BCUT2D eigenvalue weighted by atomic mass is 16.1. The fourth-order valence-electron chi connectivity index (χ4n) is 2.73. The van der Waals surface area contributed by atoms with Crippen molar-refractivity contribution in [2.24, 2.45) is 0 Å². The smallest absolute Gasteiger partial charge is 0.251 e. The van der Waals surface area contributed by atoms with E-state index in [4.69, 9.17) is 5.26 Å². The number of nitrogens with zero attached hydrogens (tertiary/aromatic N) is 2. The summed E-state index contributed by atoms with van der Waals surface area (Å²) in [6.45, 7) is 0.432. The molecule has 0 unspecified atom stereocenters. The Bertz CT molecular complexity index is 795. The molecule has 0 amide bonds. The lowest BCUT2D eigenvalue weighted by molar-refractivity contribution is 0.0970. The summed E-state index contributed by atoms with van der Waals surface area (Å²) in [6, 6.07) is 12.3. The van der Waals surface area contributed by atoms with Gasteiger partial charge in [0.25, 0.3) is 5.56 Å². The molecule has 0 atom stereocenters. The van der Waals surface area contributed by atoms with Gasteiger partial charge in [-0.2, -0.15) is 5.26 Å². The Morgan fingerprint density at radius 2 is 1.81 bits per heavy atom. The molecule has 1 aromatic carbocycles. The molecule has 0 spiro atoms. The first-order chi connectivity index (χ1) is 10.2. The van der Waals surface area contributed by atoms with Crippen LogP contribution in [0.1, 0.15) is 40.0 Å². The summed E-state index contributed by atoms with van der Waals surface area (Å²) >= 11 is 0. The van der Waals surface area contributed by atoms with E-state index in [9.17, 15) is 9.59 Å². The van der Waals surface area contributed by atoms with E-state index < -0.39 is 0 Å². The third-order valence-electron chi connectivity index (χ3n) is 3.84. The molecule has 1 heterocycles. The van der Waals surface area contributed by atoms with Crippen LogP contribution in [-0.2, 0) is 13.0 Å². The van der Waals surface area contributed by atoms with Crippen LogP contribution in [0.25, 0.3) is 0 Å². The molecule has 1 aromatic heterocycles. The molecule has 21 heavy (non-hydrogen) atoms. The van der Waals surface area contributed by atoms with Crippen LogP contribution in [0.5, 0.6) is 0 Å². The SMILES string of the molecule is N#Cc1ccc(Cn2c3c(ccc2=O)C(=O)CCC3)cc1. The summed E-state index contributed by atoms with van der Waals surface area (Å²) < 4.78 is 1.67. The molecular formula is C17H14N2O2. The van der Waals surface area contributed by atoms with E-state index in [0.717, 1.165) is 24.1 Å². The van der Waals surface area contributed by atoms with Crippen molar-refractivity contribution in [2.75, 3.05) is 0 Å². The summed E-state index contributed by atoms with van der Waals surface area (Å²) in [5, 5.41) is 8.81. The average Bonchev–Trinajstić information content (AvgIpc) is 2.51. The Hall–Kier alpha value is -2.67. The van der Waals surface area contributed by atoms with Gasteiger partial charge in [-0.05, 0) is 36.6 Å². The summed E-state index contributed by atoms with van der Waals surface area (Å²) in [4.78, 5) is 24.1. The lowest BCUT2D eigenvalue weighted by Gasteiger charge is -2.20. The molecule has 0 fully saturated rings. The number of Topliss-reactive ketones (excluding diaryl/α,β-unsaturated/α-hetero) is 1. The number of carbonyl (C=O) groups excluding carboxylic acids is 1. The van der Waals surface area contributed by atoms with Crippen LogP contribution < -0.4 is 5.56 Å². The molecule has 104 valence electrons. The summed E-state index contributed by atoms with van der Waals surface area (Å²) in [6.07, 6.45) is 2.11. The van der Waals surface area contributed by atoms with E-state index in [1.807, 2.05) is 12.1 Å². The van der Waals surface area contributed by atoms with Crippen molar-refractivity contribution < 1.29 is 4.79 Å². The van der Waals surface area contributed by atoms with Gasteiger partial charge in [-0.15, -0.1) is 0 Å². The predicted octanol–water partition coefficient (Wildman–Crippen LogP) is 2.29. The number of benzene rings is 1. The summed E-state index contributed by atoms with van der Waals surface area (Å²) in [5.41, 5.74) is 2.96. The number of rotatable bonds is 2. The highest BCUT2D eigenvalue weighted by Crippen LogP contribution is 2.20. The van der Waals surface area contributed by atoms with Gasteiger partial charge in [0.05, 0.1) is 18.2 Å². The maximum atomic E-state index is 12.1. The molecule has 3 rings (SSSR count). The van der Waals surface area contributed by atoms with Gasteiger partial charge in [0, 0.05) is 23.7 Å². The second kappa shape index (κ2) is 5.37. The number of hydrogen-bond acceptors (Lipinski definition) is 3. The Morgan fingerprint density at radius 1 is 1.05 bits per heavy atom. The first kappa shape index (κ1) is 13.3. The van der Waals surface area contributed by atoms with Crippen molar-refractivity contribution in [3.05, 3.63) is 69.1 Å². The van der Waals surface area contributed by atoms with Crippen LogP contribution in [-0.4, -0.2) is 10.4 Å². The number of pyridine rings is 1. The highest BCUT2D eigenvalue weighted by Gasteiger charge is 2.20. The van der Waals surface area contributed by atoms with E-state index in [1.54, 1.807) is 22.8 Å². The second-order valence-corrected chi connectivity index (χ2v) is 5.20. The number of fused-ring (bicyclic) bond motifs is 1. The van der Waals surface area contributed by atoms with Gasteiger partial charge >= 0.3 is 0 Å². The molecule has 0 saturated heterocycles. The van der Waals surface area contributed by atoms with Gasteiger partial charge in [0.1, 0.15) is 0 Å². The van der Waals surface area contributed by atoms with Gasteiger partial charge < -0.3 is 4.57 Å². The number of aromatic nitrogens is 1. The third kappa shape index (κ3) is 2.50. The quantitative estimate of drug-likeness (QED) is 0.846. The second-order valence-electron chi connectivity index (χ2n) is 5.20. The zero-order valence-electron chi connectivity index (χ0n) is 11.5. The minimum atomic E-state index is -0.0900. The lowest BCUT2D eigenvalue weighted by Crippen LogP contribution is -2.28. The van der Waals surface area contributed by atoms with Crippen LogP contribution in [0.15, 0.2) is 41.2 Å². The minimum absolute atomic E-state index is 0.0900. The average molecular weight is 278 g/mol. The number of hydrogen-bond donors (Lipinski definition) is 0. The fourth-order valence-corrected chi connectivity index (χ4v) is 2.73. The molecule has 0 N–H and O–H groups in total. The fraction of sp³-hybridized carbons (Fsp3) is 0.235. The Morgan fingerprint density at radius 3 is 2.52 bits per heavy atom. The monoisotopic (exact) mass is 278 g/mol. The lowest BCUT2D eigenvalue weighted by atomic mass is 9.94. The molecule has 4 heteroatoms. The minimum Gasteiger partial charge on any atom is -0.308 e. The highest BCUT2D eigenvalue weighted by molar-refractivity contribution is 5.97. The molecule has 2 aromatic rings. The molecule has 0 radical (unpaired) electrons. The van der Waals surface area contributed by atoms with Crippen LogP contribution in [0, 0.1) is 11.3 Å². The van der Waals surface area contributed by atoms with E-state index in [-0.39, 0.29) is 11.3 Å². The van der Waals surface area contributed by atoms with Crippen LogP contribution >= 0.6 is 0 Å². The molecule has 0 aliphatic heterocycles. The Balaban J connectivity index is 2.02. The topological polar surface area (TPSA) is 62.9 Å².